The maximum Gasteiger partial charge on any atom is 0.295 e. The number of hydrogen-bond acceptors (Lipinski definition) is 4. The number of ether oxygens (including phenoxy) is 1. The number of hydrogen-bond donors (Lipinski definition) is 0. The van der Waals surface area contributed by atoms with E-state index in [1.54, 1.807) is 23.1 Å². The summed E-state index contributed by atoms with van der Waals surface area (Å²) < 4.78 is 12.4. The van der Waals surface area contributed by atoms with Gasteiger partial charge in [0.15, 0.2) is 5.43 Å². The number of halogens is 2. The van der Waals surface area contributed by atoms with Gasteiger partial charge in [0.05, 0.1) is 23.6 Å². The summed E-state index contributed by atoms with van der Waals surface area (Å²) >= 11 is 9.56. The monoisotopic (exact) mass is 509 g/mol. The highest BCUT2D eigenvalue weighted by Crippen LogP contribution is 2.41. The van der Waals surface area contributed by atoms with Gasteiger partial charge in [0.2, 0.25) is 5.76 Å². The predicted octanol–water partition coefficient (Wildman–Crippen LogP) is 6.36. The summed E-state index contributed by atoms with van der Waals surface area (Å²) in [6.45, 7) is 2.46. The molecule has 5 nitrogen and oxygen atoms in total. The van der Waals surface area contributed by atoms with Crippen LogP contribution in [-0.2, 0) is 0 Å². The van der Waals surface area contributed by atoms with Gasteiger partial charge in [-0.3, -0.25) is 14.5 Å². The Morgan fingerprint density at radius 3 is 2.44 bits per heavy atom. The first-order chi connectivity index (χ1) is 15.5. The molecule has 3 aromatic carbocycles. The lowest BCUT2D eigenvalue weighted by molar-refractivity contribution is 0.0971. The molecular formula is C25H17BrClNO4. The third-order valence-electron chi connectivity index (χ3n) is 5.44. The maximum atomic E-state index is 13.6. The Kier molecular flexibility index (Phi) is 5.27. The SMILES string of the molecule is CCOc1ccc(C2c3c(oc4ccc(Cl)cc4c3=O)C(=O)N2c2ccc(Br)cc2)cc1. The smallest absolute Gasteiger partial charge is 0.295 e. The fraction of sp³-hybridized carbons (Fsp3) is 0.120. The molecule has 0 radical (unpaired) electrons. The zero-order valence-electron chi connectivity index (χ0n) is 17.0. The van der Waals surface area contributed by atoms with E-state index in [9.17, 15) is 9.59 Å². The normalized spacial score (nSPS) is 15.3. The zero-order chi connectivity index (χ0) is 22.4. The Balaban J connectivity index is 1.76. The molecule has 5 rings (SSSR count). The number of amides is 1. The van der Waals surface area contributed by atoms with E-state index in [1.807, 2.05) is 55.5 Å². The van der Waals surface area contributed by atoms with Crippen LogP contribution in [0.3, 0.4) is 0 Å². The fourth-order valence-corrected chi connectivity index (χ4v) is 4.48. The van der Waals surface area contributed by atoms with Gasteiger partial charge < -0.3 is 9.15 Å². The van der Waals surface area contributed by atoms with Gasteiger partial charge in [-0.05, 0) is 67.1 Å². The average molecular weight is 511 g/mol. The molecule has 160 valence electrons. The molecule has 1 amide bonds. The molecule has 2 heterocycles. The highest BCUT2D eigenvalue weighted by Gasteiger charge is 2.43. The number of benzene rings is 3. The van der Waals surface area contributed by atoms with Gasteiger partial charge in [-0.15, -0.1) is 0 Å². The summed E-state index contributed by atoms with van der Waals surface area (Å²) in [6, 6.07) is 18.9. The first-order valence-electron chi connectivity index (χ1n) is 10.1. The van der Waals surface area contributed by atoms with E-state index < -0.39 is 6.04 Å². The highest BCUT2D eigenvalue weighted by molar-refractivity contribution is 9.10. The maximum absolute atomic E-state index is 13.6. The van der Waals surface area contributed by atoms with Crippen molar-refractivity contribution in [3.63, 3.8) is 0 Å². The minimum Gasteiger partial charge on any atom is -0.494 e. The van der Waals surface area contributed by atoms with Gasteiger partial charge in [0.1, 0.15) is 11.3 Å². The molecule has 1 aliphatic heterocycles. The number of carbonyl (C=O) groups is 1. The molecule has 0 N–H and O–H groups in total. The van der Waals surface area contributed by atoms with Gasteiger partial charge in [-0.1, -0.05) is 39.7 Å². The minimum absolute atomic E-state index is 0.0478. The van der Waals surface area contributed by atoms with Crippen molar-refractivity contribution >= 4 is 50.1 Å². The second kappa shape index (κ2) is 8.11. The number of anilines is 1. The summed E-state index contributed by atoms with van der Waals surface area (Å²) in [5, 5.41) is 0.772. The van der Waals surface area contributed by atoms with Crippen LogP contribution >= 0.6 is 27.5 Å². The van der Waals surface area contributed by atoms with Crippen LogP contribution in [0.1, 0.15) is 34.6 Å². The van der Waals surface area contributed by atoms with Crippen molar-refractivity contribution in [3.8, 4) is 5.75 Å². The Labute approximate surface area is 197 Å². The lowest BCUT2D eigenvalue weighted by Gasteiger charge is -2.25. The van der Waals surface area contributed by atoms with E-state index in [0.29, 0.717) is 39.6 Å². The molecule has 1 atom stereocenters. The van der Waals surface area contributed by atoms with Crippen LogP contribution < -0.4 is 15.1 Å². The molecule has 7 heteroatoms. The molecule has 0 saturated heterocycles. The Bertz CT molecular complexity index is 1400. The van der Waals surface area contributed by atoms with Gasteiger partial charge in [-0.2, -0.15) is 0 Å². The molecule has 1 unspecified atom stereocenters. The molecule has 1 aromatic heterocycles. The predicted molar refractivity (Wildman–Crippen MR) is 128 cm³/mol. The molecule has 4 aromatic rings. The largest absolute Gasteiger partial charge is 0.494 e. The first kappa shape index (κ1) is 20.8. The number of rotatable bonds is 4. The van der Waals surface area contributed by atoms with E-state index in [0.717, 1.165) is 10.0 Å². The van der Waals surface area contributed by atoms with E-state index in [-0.39, 0.29) is 17.1 Å². The summed E-state index contributed by atoms with van der Waals surface area (Å²) in [5.74, 6) is 0.398. The van der Waals surface area contributed by atoms with E-state index in [1.165, 1.54) is 0 Å². The fourth-order valence-electron chi connectivity index (χ4n) is 4.04. The third-order valence-corrected chi connectivity index (χ3v) is 6.21. The van der Waals surface area contributed by atoms with E-state index in [4.69, 9.17) is 20.8 Å². The van der Waals surface area contributed by atoms with E-state index in [2.05, 4.69) is 15.9 Å². The van der Waals surface area contributed by atoms with Crippen molar-refractivity contribution < 1.29 is 13.9 Å². The van der Waals surface area contributed by atoms with Crippen molar-refractivity contribution in [2.24, 2.45) is 0 Å². The van der Waals surface area contributed by atoms with Crippen LogP contribution in [0.4, 0.5) is 5.69 Å². The molecule has 0 saturated carbocycles. The summed E-state index contributed by atoms with van der Waals surface area (Å²) in [7, 11) is 0. The highest BCUT2D eigenvalue weighted by atomic mass is 79.9. The van der Waals surface area contributed by atoms with Crippen molar-refractivity contribution in [2.75, 3.05) is 11.5 Å². The molecule has 32 heavy (non-hydrogen) atoms. The van der Waals surface area contributed by atoms with Crippen LogP contribution in [0, 0.1) is 0 Å². The van der Waals surface area contributed by atoms with Gasteiger partial charge in [0, 0.05) is 15.2 Å². The van der Waals surface area contributed by atoms with Gasteiger partial charge in [-0.25, -0.2) is 0 Å². The van der Waals surface area contributed by atoms with Gasteiger partial charge >= 0.3 is 0 Å². The molecule has 0 bridgehead atoms. The van der Waals surface area contributed by atoms with Crippen molar-refractivity contribution in [2.45, 2.75) is 13.0 Å². The van der Waals surface area contributed by atoms with Crippen molar-refractivity contribution in [3.05, 3.63) is 103 Å². The number of fused-ring (bicyclic) bond motifs is 2. The van der Waals surface area contributed by atoms with Crippen molar-refractivity contribution in [1.29, 1.82) is 0 Å². The lowest BCUT2D eigenvalue weighted by Crippen LogP contribution is -2.29. The van der Waals surface area contributed by atoms with Crippen molar-refractivity contribution in [1.82, 2.24) is 0 Å². The molecular weight excluding hydrogens is 494 g/mol. The van der Waals surface area contributed by atoms with Crippen LogP contribution in [-0.4, -0.2) is 12.5 Å². The van der Waals surface area contributed by atoms with Crippen LogP contribution in [0.2, 0.25) is 5.02 Å². The third kappa shape index (κ3) is 3.40. The quantitative estimate of drug-likeness (QED) is 0.321. The first-order valence-corrected chi connectivity index (χ1v) is 11.2. The van der Waals surface area contributed by atoms with Crippen LogP contribution in [0.25, 0.3) is 11.0 Å². The van der Waals surface area contributed by atoms with Gasteiger partial charge in [0.25, 0.3) is 5.91 Å². The Hall–Kier alpha value is -3.09. The molecule has 0 aliphatic carbocycles. The summed E-state index contributed by atoms with van der Waals surface area (Å²) in [5.41, 5.74) is 1.80. The number of carbonyl (C=O) groups excluding carboxylic acids is 1. The van der Waals surface area contributed by atoms with Crippen LogP contribution in [0.5, 0.6) is 5.75 Å². The Morgan fingerprint density at radius 1 is 1.03 bits per heavy atom. The number of nitrogens with zero attached hydrogens (tertiary/aromatic N) is 1. The second-order valence-corrected chi connectivity index (χ2v) is 8.72. The average Bonchev–Trinajstić information content (AvgIpc) is 3.08. The van der Waals surface area contributed by atoms with Crippen LogP contribution in [0.15, 0.2) is 80.4 Å². The minimum atomic E-state index is -0.644. The summed E-state index contributed by atoms with van der Waals surface area (Å²) in [6.07, 6.45) is 0. The molecule has 1 aliphatic rings. The topological polar surface area (TPSA) is 59.8 Å². The Morgan fingerprint density at radius 2 is 1.75 bits per heavy atom. The molecule has 0 fully saturated rings. The lowest BCUT2D eigenvalue weighted by atomic mass is 9.98. The summed E-state index contributed by atoms with van der Waals surface area (Å²) in [4.78, 5) is 28.7. The second-order valence-electron chi connectivity index (χ2n) is 7.37. The zero-order valence-corrected chi connectivity index (χ0v) is 19.3. The van der Waals surface area contributed by atoms with E-state index >= 15 is 0 Å². The standard InChI is InChI=1S/C25H17BrClNO4/c1-2-31-18-10-3-14(4-11-18)22-21-23(29)19-13-16(27)7-12-20(19)32-24(21)25(30)28(22)17-8-5-15(26)6-9-17/h3-13,22H,2H2,1H3. The molecule has 0 spiro atoms.